The molecule has 0 unspecified atom stereocenters. The zero-order valence-electron chi connectivity index (χ0n) is 17.2. The summed E-state index contributed by atoms with van der Waals surface area (Å²) in [5, 5.41) is 11.2. The molecule has 2 aromatic carbocycles. The van der Waals surface area contributed by atoms with Crippen molar-refractivity contribution in [3.63, 3.8) is 0 Å². The average molecular weight is 420 g/mol. The second kappa shape index (κ2) is 7.59. The lowest BCUT2D eigenvalue weighted by Gasteiger charge is -2.12. The summed E-state index contributed by atoms with van der Waals surface area (Å²) >= 11 is 0. The lowest BCUT2D eigenvalue weighted by atomic mass is 10.0. The molecule has 0 saturated carbocycles. The Morgan fingerprint density at radius 2 is 1.94 bits per heavy atom. The van der Waals surface area contributed by atoms with E-state index in [4.69, 9.17) is 14.2 Å². The minimum absolute atomic E-state index is 0.154. The summed E-state index contributed by atoms with van der Waals surface area (Å²) in [6.07, 6.45) is 1.70. The number of aliphatic hydroxyl groups excluding tert-OH is 1. The zero-order valence-corrected chi connectivity index (χ0v) is 17.2. The highest BCUT2D eigenvalue weighted by molar-refractivity contribution is 6.00. The van der Waals surface area contributed by atoms with E-state index in [0.29, 0.717) is 28.6 Å². The largest absolute Gasteiger partial charge is 0.481 e. The standard InChI is InChI=1S/C24H21FN2O4/c1-14-3-4-16(18(25)7-14)11-27-19-9-22-21(30-13-31-22)8-17(19)24(20(27)12-28)15-5-6-23(29-2)26-10-15/h3-10,28H,11-13H2,1-2H3. The molecule has 7 heteroatoms. The number of nitrogens with zero attached hydrogens (tertiary/aromatic N) is 2. The fourth-order valence-electron chi connectivity index (χ4n) is 4.06. The Hall–Kier alpha value is -3.58. The maximum absolute atomic E-state index is 14.7. The molecular formula is C24H21FN2O4. The number of aryl methyl sites for hydroxylation is 1. The van der Waals surface area contributed by atoms with Gasteiger partial charge in [0.25, 0.3) is 0 Å². The summed E-state index contributed by atoms with van der Waals surface area (Å²) < 4.78 is 32.9. The van der Waals surface area contributed by atoms with Gasteiger partial charge in [-0.2, -0.15) is 0 Å². The number of ether oxygens (including phenoxy) is 3. The highest BCUT2D eigenvalue weighted by Gasteiger charge is 2.24. The van der Waals surface area contributed by atoms with Gasteiger partial charge < -0.3 is 23.9 Å². The molecule has 31 heavy (non-hydrogen) atoms. The van der Waals surface area contributed by atoms with Crippen molar-refractivity contribution in [1.82, 2.24) is 9.55 Å². The molecule has 1 aliphatic heterocycles. The smallest absolute Gasteiger partial charge is 0.231 e. The quantitative estimate of drug-likeness (QED) is 0.518. The van der Waals surface area contributed by atoms with Gasteiger partial charge in [-0.1, -0.05) is 12.1 Å². The zero-order chi connectivity index (χ0) is 21.5. The molecule has 5 rings (SSSR count). The van der Waals surface area contributed by atoms with Crippen molar-refractivity contribution in [1.29, 1.82) is 0 Å². The van der Waals surface area contributed by atoms with Crippen LogP contribution in [0.3, 0.4) is 0 Å². The van der Waals surface area contributed by atoms with E-state index in [1.165, 1.54) is 6.07 Å². The molecule has 0 saturated heterocycles. The second-order valence-electron chi connectivity index (χ2n) is 7.47. The number of rotatable bonds is 5. The van der Waals surface area contributed by atoms with Gasteiger partial charge in [0, 0.05) is 40.4 Å². The molecule has 0 aliphatic carbocycles. The number of pyridine rings is 1. The third-order valence-electron chi connectivity index (χ3n) is 5.59. The molecule has 3 heterocycles. The molecule has 0 atom stereocenters. The number of aromatic nitrogens is 2. The Morgan fingerprint density at radius 1 is 1.13 bits per heavy atom. The minimum atomic E-state index is -0.279. The normalized spacial score (nSPS) is 12.5. The molecule has 0 radical (unpaired) electrons. The summed E-state index contributed by atoms with van der Waals surface area (Å²) in [6.45, 7) is 2.05. The van der Waals surface area contributed by atoms with Crippen molar-refractivity contribution in [2.45, 2.75) is 20.1 Å². The first-order valence-electron chi connectivity index (χ1n) is 9.90. The van der Waals surface area contributed by atoms with Crippen molar-refractivity contribution in [3.8, 4) is 28.5 Å². The topological polar surface area (TPSA) is 65.7 Å². The molecule has 0 bridgehead atoms. The molecule has 0 amide bonds. The number of aliphatic hydroxyl groups is 1. The minimum Gasteiger partial charge on any atom is -0.481 e. The summed E-state index contributed by atoms with van der Waals surface area (Å²) in [4.78, 5) is 4.32. The molecule has 1 aliphatic rings. The van der Waals surface area contributed by atoms with Crippen molar-refractivity contribution in [2.75, 3.05) is 13.9 Å². The summed E-state index contributed by atoms with van der Waals surface area (Å²) in [5.41, 5.74) is 4.50. The molecule has 6 nitrogen and oxygen atoms in total. The maximum Gasteiger partial charge on any atom is 0.231 e. The lowest BCUT2D eigenvalue weighted by Crippen LogP contribution is -2.07. The van der Waals surface area contributed by atoms with Gasteiger partial charge in [-0.05, 0) is 30.7 Å². The van der Waals surface area contributed by atoms with Crippen molar-refractivity contribution in [2.24, 2.45) is 0 Å². The van der Waals surface area contributed by atoms with Crippen LogP contribution in [0.4, 0.5) is 4.39 Å². The second-order valence-corrected chi connectivity index (χ2v) is 7.47. The van der Waals surface area contributed by atoms with Gasteiger partial charge >= 0.3 is 0 Å². The third-order valence-corrected chi connectivity index (χ3v) is 5.59. The lowest BCUT2D eigenvalue weighted by molar-refractivity contribution is 0.174. The Morgan fingerprint density at radius 3 is 2.61 bits per heavy atom. The predicted octanol–water partition coefficient (Wildman–Crippen LogP) is 4.43. The van der Waals surface area contributed by atoms with Crippen LogP contribution in [-0.4, -0.2) is 28.6 Å². The van der Waals surface area contributed by atoms with Crippen LogP contribution in [-0.2, 0) is 13.2 Å². The maximum atomic E-state index is 14.7. The summed E-state index contributed by atoms with van der Waals surface area (Å²) in [5.74, 6) is 1.48. The predicted molar refractivity (Wildman–Crippen MR) is 114 cm³/mol. The molecule has 0 fully saturated rings. The Labute approximate surface area is 178 Å². The van der Waals surface area contributed by atoms with Gasteiger partial charge in [0.1, 0.15) is 5.82 Å². The molecule has 2 aromatic heterocycles. The molecule has 1 N–H and O–H groups in total. The first kappa shape index (κ1) is 19.4. The van der Waals surface area contributed by atoms with E-state index in [2.05, 4.69) is 4.98 Å². The van der Waals surface area contributed by atoms with Crippen LogP contribution >= 0.6 is 0 Å². The number of hydrogen-bond acceptors (Lipinski definition) is 5. The first-order chi connectivity index (χ1) is 15.1. The molecule has 0 spiro atoms. The van der Waals surface area contributed by atoms with Gasteiger partial charge in [-0.25, -0.2) is 9.37 Å². The Balaban J connectivity index is 1.75. The number of methoxy groups -OCH3 is 1. The van der Waals surface area contributed by atoms with E-state index in [1.807, 2.05) is 35.8 Å². The highest BCUT2D eigenvalue weighted by Crippen LogP contribution is 2.43. The van der Waals surface area contributed by atoms with Crippen molar-refractivity contribution < 1.29 is 23.7 Å². The molecule has 158 valence electrons. The fourth-order valence-corrected chi connectivity index (χ4v) is 4.06. The Kier molecular flexibility index (Phi) is 4.75. The number of hydrogen-bond donors (Lipinski definition) is 1. The first-order valence-corrected chi connectivity index (χ1v) is 9.90. The van der Waals surface area contributed by atoms with E-state index in [0.717, 1.165) is 27.6 Å². The van der Waals surface area contributed by atoms with Crippen LogP contribution in [0.2, 0.25) is 0 Å². The summed E-state index contributed by atoms with van der Waals surface area (Å²) in [7, 11) is 1.56. The fraction of sp³-hybridized carbons (Fsp3) is 0.208. The average Bonchev–Trinajstić information content (AvgIpc) is 3.35. The van der Waals surface area contributed by atoms with Gasteiger partial charge in [-0.3, -0.25) is 0 Å². The highest BCUT2D eigenvalue weighted by atomic mass is 19.1. The molecule has 4 aromatic rings. The van der Waals surface area contributed by atoms with Gasteiger partial charge in [-0.15, -0.1) is 0 Å². The van der Waals surface area contributed by atoms with Crippen LogP contribution in [0, 0.1) is 12.7 Å². The van der Waals surface area contributed by atoms with E-state index in [9.17, 15) is 9.50 Å². The van der Waals surface area contributed by atoms with Gasteiger partial charge in [0.2, 0.25) is 12.7 Å². The van der Waals surface area contributed by atoms with Crippen LogP contribution in [0.1, 0.15) is 16.8 Å². The van der Waals surface area contributed by atoms with Crippen LogP contribution in [0.25, 0.3) is 22.0 Å². The van der Waals surface area contributed by atoms with E-state index < -0.39 is 0 Å². The van der Waals surface area contributed by atoms with Crippen LogP contribution < -0.4 is 14.2 Å². The number of benzene rings is 2. The third kappa shape index (κ3) is 3.27. The van der Waals surface area contributed by atoms with Gasteiger partial charge in [0.15, 0.2) is 11.5 Å². The van der Waals surface area contributed by atoms with Crippen molar-refractivity contribution in [3.05, 3.63) is 71.3 Å². The van der Waals surface area contributed by atoms with Crippen LogP contribution in [0.5, 0.6) is 17.4 Å². The van der Waals surface area contributed by atoms with Crippen LogP contribution in [0.15, 0.2) is 48.7 Å². The summed E-state index contributed by atoms with van der Waals surface area (Å²) in [6, 6.07) is 12.6. The Bertz CT molecular complexity index is 1280. The van der Waals surface area contributed by atoms with Crippen molar-refractivity contribution >= 4 is 10.9 Å². The number of halogens is 1. The van der Waals surface area contributed by atoms with E-state index >= 15 is 0 Å². The monoisotopic (exact) mass is 420 g/mol. The van der Waals surface area contributed by atoms with E-state index in [1.54, 1.807) is 25.4 Å². The number of fused-ring (bicyclic) bond motifs is 2. The SMILES string of the molecule is COc1ccc(-c2c(CO)n(Cc3ccc(C)cc3F)c3cc4c(cc23)OCO4)cn1. The van der Waals surface area contributed by atoms with E-state index in [-0.39, 0.29) is 25.8 Å². The van der Waals surface area contributed by atoms with Gasteiger partial charge in [0.05, 0.1) is 31.5 Å². The molecular weight excluding hydrogens is 399 g/mol.